The Morgan fingerprint density at radius 1 is 1.26 bits per heavy atom. The van der Waals surface area contributed by atoms with Gasteiger partial charge in [-0.05, 0) is 31.9 Å². The zero-order valence-corrected chi connectivity index (χ0v) is 11.0. The summed E-state index contributed by atoms with van der Waals surface area (Å²) in [7, 11) is 0. The Bertz CT molecular complexity index is 587. The number of nitrogens with two attached hydrogens (primary N) is 1. The van der Waals surface area contributed by atoms with Crippen molar-refractivity contribution in [2.24, 2.45) is 0 Å². The lowest BCUT2D eigenvalue weighted by Crippen LogP contribution is -2.33. The van der Waals surface area contributed by atoms with E-state index in [1.165, 1.54) is 0 Å². The number of rotatable bonds is 2. The highest BCUT2D eigenvalue weighted by Crippen LogP contribution is 2.22. The Labute approximate surface area is 112 Å². The van der Waals surface area contributed by atoms with Crippen molar-refractivity contribution < 1.29 is 4.74 Å². The van der Waals surface area contributed by atoms with Crippen LogP contribution in [0.2, 0.25) is 0 Å². The summed E-state index contributed by atoms with van der Waals surface area (Å²) in [5.74, 6) is 1.13. The monoisotopic (exact) mass is 258 g/mol. The van der Waals surface area contributed by atoms with Gasteiger partial charge in [-0.1, -0.05) is 12.1 Å². The molecule has 3 rings (SSSR count). The second-order valence-electron chi connectivity index (χ2n) is 4.99. The third-order valence-corrected chi connectivity index (χ3v) is 3.42. The largest absolute Gasteiger partial charge is 0.381 e. The lowest BCUT2D eigenvalue weighted by Gasteiger charge is -2.28. The van der Waals surface area contributed by atoms with Crippen LogP contribution in [0.1, 0.15) is 19.8 Å². The van der Waals surface area contributed by atoms with Crippen LogP contribution in [-0.4, -0.2) is 28.7 Å². The average Bonchev–Trinajstić information content (AvgIpc) is 2.40. The summed E-state index contributed by atoms with van der Waals surface area (Å²) in [6, 6.07) is 8.09. The fourth-order valence-electron chi connectivity index (χ4n) is 2.44. The van der Waals surface area contributed by atoms with E-state index in [4.69, 9.17) is 10.5 Å². The first-order valence-electron chi connectivity index (χ1n) is 6.63. The van der Waals surface area contributed by atoms with E-state index in [-0.39, 0.29) is 6.10 Å². The van der Waals surface area contributed by atoms with Gasteiger partial charge >= 0.3 is 0 Å². The number of para-hydroxylation sites is 2. The van der Waals surface area contributed by atoms with Crippen molar-refractivity contribution in [3.05, 3.63) is 24.3 Å². The van der Waals surface area contributed by atoms with Gasteiger partial charge in [0.2, 0.25) is 0 Å². The first-order chi connectivity index (χ1) is 9.22. The molecule has 3 N–H and O–H groups in total. The molecule has 2 atom stereocenters. The van der Waals surface area contributed by atoms with Crippen LogP contribution in [0.15, 0.2) is 24.3 Å². The van der Waals surface area contributed by atoms with Crippen LogP contribution in [-0.2, 0) is 4.74 Å². The molecule has 1 fully saturated rings. The zero-order chi connectivity index (χ0) is 13.2. The Hall–Kier alpha value is -1.88. The van der Waals surface area contributed by atoms with Crippen LogP contribution in [0.25, 0.3) is 11.0 Å². The molecule has 1 aromatic carbocycles. The lowest BCUT2D eigenvalue weighted by molar-refractivity contribution is 0.0232. The second kappa shape index (κ2) is 5.01. The topological polar surface area (TPSA) is 73.1 Å². The van der Waals surface area contributed by atoms with Crippen LogP contribution < -0.4 is 11.1 Å². The molecule has 2 heterocycles. The molecular weight excluding hydrogens is 240 g/mol. The van der Waals surface area contributed by atoms with Gasteiger partial charge in [0.15, 0.2) is 11.6 Å². The first-order valence-corrected chi connectivity index (χ1v) is 6.63. The maximum Gasteiger partial charge on any atom is 0.169 e. The van der Waals surface area contributed by atoms with Gasteiger partial charge in [-0.15, -0.1) is 0 Å². The summed E-state index contributed by atoms with van der Waals surface area (Å²) in [4.78, 5) is 8.94. The summed E-state index contributed by atoms with van der Waals surface area (Å²) in [5.41, 5.74) is 7.66. The van der Waals surface area contributed by atoms with E-state index in [2.05, 4.69) is 22.2 Å². The van der Waals surface area contributed by atoms with Crippen molar-refractivity contribution in [3.63, 3.8) is 0 Å². The SMILES string of the molecule is CC1CC(Nc2nc3ccccc3nc2N)CCO1. The van der Waals surface area contributed by atoms with Crippen molar-refractivity contribution in [3.8, 4) is 0 Å². The molecule has 0 saturated carbocycles. The maximum atomic E-state index is 5.97. The molecule has 0 bridgehead atoms. The van der Waals surface area contributed by atoms with Crippen LogP contribution in [0.5, 0.6) is 0 Å². The minimum Gasteiger partial charge on any atom is -0.381 e. The summed E-state index contributed by atoms with van der Waals surface area (Å²) in [6.45, 7) is 2.86. The highest BCUT2D eigenvalue weighted by atomic mass is 16.5. The minimum atomic E-state index is 0.279. The van der Waals surface area contributed by atoms with Crippen LogP contribution in [0.3, 0.4) is 0 Å². The van der Waals surface area contributed by atoms with E-state index >= 15 is 0 Å². The number of anilines is 2. The number of ether oxygens (including phenoxy) is 1. The molecule has 0 radical (unpaired) electrons. The predicted molar refractivity (Wildman–Crippen MR) is 76.0 cm³/mol. The molecule has 1 aromatic heterocycles. The van der Waals surface area contributed by atoms with Gasteiger partial charge in [-0.3, -0.25) is 0 Å². The van der Waals surface area contributed by atoms with Crippen molar-refractivity contribution in [1.82, 2.24) is 9.97 Å². The normalized spacial score (nSPS) is 23.4. The van der Waals surface area contributed by atoms with E-state index in [0.717, 1.165) is 30.5 Å². The van der Waals surface area contributed by atoms with E-state index < -0.39 is 0 Å². The number of nitrogens with one attached hydrogen (secondary N) is 1. The highest BCUT2D eigenvalue weighted by molar-refractivity contribution is 5.79. The van der Waals surface area contributed by atoms with Crippen molar-refractivity contribution >= 4 is 22.7 Å². The van der Waals surface area contributed by atoms with Crippen molar-refractivity contribution in [2.75, 3.05) is 17.7 Å². The Balaban J connectivity index is 1.85. The van der Waals surface area contributed by atoms with Gasteiger partial charge in [0.25, 0.3) is 0 Å². The molecule has 0 aliphatic carbocycles. The zero-order valence-electron chi connectivity index (χ0n) is 11.0. The molecule has 2 unspecified atom stereocenters. The molecule has 0 amide bonds. The smallest absolute Gasteiger partial charge is 0.169 e. The number of nitrogen functional groups attached to an aromatic ring is 1. The van der Waals surface area contributed by atoms with Crippen molar-refractivity contribution in [2.45, 2.75) is 31.9 Å². The number of aromatic nitrogens is 2. The average molecular weight is 258 g/mol. The van der Waals surface area contributed by atoms with Crippen LogP contribution >= 0.6 is 0 Å². The van der Waals surface area contributed by atoms with Gasteiger partial charge in [-0.2, -0.15) is 0 Å². The molecule has 19 heavy (non-hydrogen) atoms. The van der Waals surface area contributed by atoms with Gasteiger partial charge in [0.1, 0.15) is 0 Å². The second-order valence-corrected chi connectivity index (χ2v) is 4.99. The minimum absolute atomic E-state index is 0.279. The van der Waals surface area contributed by atoms with E-state index in [9.17, 15) is 0 Å². The fraction of sp³-hybridized carbons (Fsp3) is 0.429. The number of nitrogens with zero attached hydrogens (tertiary/aromatic N) is 2. The Kier molecular flexibility index (Phi) is 3.21. The lowest BCUT2D eigenvalue weighted by atomic mass is 10.0. The number of hydrogen-bond acceptors (Lipinski definition) is 5. The Morgan fingerprint density at radius 2 is 2.00 bits per heavy atom. The van der Waals surface area contributed by atoms with Crippen LogP contribution in [0, 0.1) is 0 Å². The molecule has 5 heteroatoms. The molecule has 5 nitrogen and oxygen atoms in total. The summed E-state index contributed by atoms with van der Waals surface area (Å²) >= 11 is 0. The quantitative estimate of drug-likeness (QED) is 0.863. The highest BCUT2D eigenvalue weighted by Gasteiger charge is 2.20. The third-order valence-electron chi connectivity index (χ3n) is 3.42. The third kappa shape index (κ3) is 2.61. The predicted octanol–water partition coefficient (Wildman–Crippen LogP) is 2.19. The van der Waals surface area contributed by atoms with Gasteiger partial charge in [-0.25, -0.2) is 9.97 Å². The van der Waals surface area contributed by atoms with Gasteiger partial charge < -0.3 is 15.8 Å². The first kappa shape index (κ1) is 12.2. The molecule has 0 spiro atoms. The number of fused-ring (bicyclic) bond motifs is 1. The molecule has 1 aliphatic rings. The van der Waals surface area contributed by atoms with Crippen molar-refractivity contribution in [1.29, 1.82) is 0 Å². The number of benzene rings is 1. The molecule has 1 saturated heterocycles. The van der Waals surface area contributed by atoms with E-state index in [1.807, 2.05) is 24.3 Å². The molecular formula is C14H18N4O. The fourth-order valence-corrected chi connectivity index (χ4v) is 2.44. The van der Waals surface area contributed by atoms with E-state index in [0.29, 0.717) is 17.7 Å². The number of hydrogen-bond donors (Lipinski definition) is 2. The molecule has 1 aliphatic heterocycles. The summed E-state index contributed by atoms with van der Waals surface area (Å²) in [5, 5.41) is 3.39. The molecule has 100 valence electrons. The van der Waals surface area contributed by atoms with Gasteiger partial charge in [0, 0.05) is 12.6 Å². The van der Waals surface area contributed by atoms with E-state index in [1.54, 1.807) is 0 Å². The molecule has 2 aromatic rings. The maximum absolute atomic E-state index is 5.97. The standard InChI is InChI=1S/C14H18N4O/c1-9-8-10(6-7-19-9)16-14-13(15)17-11-4-2-3-5-12(11)18-14/h2-5,9-10H,6-8H2,1H3,(H2,15,17)(H,16,18). The van der Waals surface area contributed by atoms with Crippen LogP contribution in [0.4, 0.5) is 11.6 Å². The van der Waals surface area contributed by atoms with Gasteiger partial charge in [0.05, 0.1) is 17.1 Å². The summed E-state index contributed by atoms with van der Waals surface area (Å²) < 4.78 is 5.54. The summed E-state index contributed by atoms with van der Waals surface area (Å²) in [6.07, 6.45) is 2.22. The Morgan fingerprint density at radius 3 is 2.74 bits per heavy atom.